The topological polar surface area (TPSA) is 129 Å². The van der Waals surface area contributed by atoms with Gasteiger partial charge < -0.3 is 39.7 Å². The van der Waals surface area contributed by atoms with Gasteiger partial charge in [-0.2, -0.15) is 0 Å². The molecule has 0 spiro atoms. The number of aliphatic hydroxyl groups is 5. The molecule has 1 aliphatic rings. The van der Waals surface area contributed by atoms with Gasteiger partial charge in [-0.15, -0.1) is 0 Å². The van der Waals surface area contributed by atoms with Crippen LogP contribution in [0.2, 0.25) is 0 Å². The molecule has 5 N–H and O–H groups in total. The summed E-state index contributed by atoms with van der Waals surface area (Å²) in [5, 5.41) is 48.8. The van der Waals surface area contributed by atoms with E-state index in [9.17, 15) is 25.5 Å². The second kappa shape index (κ2) is 8.21. The molecule has 0 radical (unpaired) electrons. The third-order valence-electron chi connectivity index (χ3n) is 4.01. The molecule has 1 fully saturated rings. The largest absolute Gasteiger partial charge is 0.497 e. The van der Waals surface area contributed by atoms with Gasteiger partial charge in [0, 0.05) is 0 Å². The van der Waals surface area contributed by atoms with E-state index < -0.39 is 49.5 Å². The van der Waals surface area contributed by atoms with Gasteiger partial charge in [-0.25, -0.2) is 0 Å². The predicted molar refractivity (Wildman–Crippen MR) is 82.3 cm³/mol. The molecular formula is C16H24O8. The summed E-state index contributed by atoms with van der Waals surface area (Å²) in [6.07, 6.45) is -8.70. The second-order valence-corrected chi connectivity index (χ2v) is 5.77. The molecule has 0 unspecified atom stereocenters. The van der Waals surface area contributed by atoms with Crippen LogP contribution in [0.15, 0.2) is 24.3 Å². The first-order valence-corrected chi connectivity index (χ1v) is 7.67. The first-order valence-electron chi connectivity index (χ1n) is 7.67. The standard InChI is InChI=1S/C16H24O8/c1-8(18)15(9-3-5-10(22-2)6-4-9)24-16-14(21)13(20)12(19)11(7-17)23-16/h3-6,8,11-21H,7H2,1-2H3/t8-,11+,12+,13-,14+,15+,16-/m1/s1. The Morgan fingerprint density at radius 1 is 1.08 bits per heavy atom. The van der Waals surface area contributed by atoms with E-state index in [2.05, 4.69) is 0 Å². The van der Waals surface area contributed by atoms with Crippen LogP contribution in [0.3, 0.4) is 0 Å². The summed E-state index contributed by atoms with van der Waals surface area (Å²) >= 11 is 0. The summed E-state index contributed by atoms with van der Waals surface area (Å²) in [7, 11) is 1.53. The summed E-state index contributed by atoms with van der Waals surface area (Å²) in [6.45, 7) is 0.964. The lowest BCUT2D eigenvalue weighted by Gasteiger charge is -2.41. The molecule has 1 heterocycles. The number of aliphatic hydroxyl groups excluding tert-OH is 5. The van der Waals surface area contributed by atoms with Gasteiger partial charge in [-0.1, -0.05) is 12.1 Å². The number of hydrogen-bond donors (Lipinski definition) is 5. The SMILES string of the molecule is COc1ccc([C@@H](O[C@H]2O[C@@H](CO)[C@H](O)[C@@H](O)[C@@H]2O)[C@@H](C)O)cc1. The minimum atomic E-state index is -1.54. The van der Waals surface area contributed by atoms with Gasteiger partial charge in [0.2, 0.25) is 0 Å². The van der Waals surface area contributed by atoms with E-state index >= 15 is 0 Å². The molecule has 8 heteroatoms. The molecule has 0 aliphatic carbocycles. The van der Waals surface area contributed by atoms with Crippen molar-refractivity contribution in [3.8, 4) is 5.75 Å². The highest BCUT2D eigenvalue weighted by molar-refractivity contribution is 5.29. The second-order valence-electron chi connectivity index (χ2n) is 5.77. The van der Waals surface area contributed by atoms with Crippen LogP contribution in [0.4, 0.5) is 0 Å². The van der Waals surface area contributed by atoms with Crippen LogP contribution in [0.1, 0.15) is 18.6 Å². The van der Waals surface area contributed by atoms with Gasteiger partial charge in [-0.3, -0.25) is 0 Å². The van der Waals surface area contributed by atoms with E-state index in [0.29, 0.717) is 11.3 Å². The molecule has 1 aromatic carbocycles. The van der Waals surface area contributed by atoms with Crippen molar-refractivity contribution in [3.05, 3.63) is 29.8 Å². The fourth-order valence-electron chi connectivity index (χ4n) is 2.59. The Hall–Kier alpha value is -1.26. The summed E-state index contributed by atoms with van der Waals surface area (Å²) in [4.78, 5) is 0. The molecule has 0 aromatic heterocycles. The Labute approximate surface area is 139 Å². The molecule has 1 aliphatic heterocycles. The molecule has 2 rings (SSSR count). The van der Waals surface area contributed by atoms with Crippen molar-refractivity contribution in [3.63, 3.8) is 0 Å². The van der Waals surface area contributed by atoms with Gasteiger partial charge in [0.05, 0.1) is 19.8 Å². The molecular weight excluding hydrogens is 320 g/mol. The summed E-state index contributed by atoms with van der Waals surface area (Å²) in [6, 6.07) is 6.78. The maximum atomic E-state index is 10.0. The highest BCUT2D eigenvalue weighted by atomic mass is 16.7. The van der Waals surface area contributed by atoms with Crippen molar-refractivity contribution in [2.24, 2.45) is 0 Å². The number of benzene rings is 1. The smallest absolute Gasteiger partial charge is 0.187 e. The van der Waals surface area contributed by atoms with E-state index in [-0.39, 0.29) is 0 Å². The van der Waals surface area contributed by atoms with E-state index in [1.165, 1.54) is 14.0 Å². The molecule has 7 atom stereocenters. The number of rotatable bonds is 6. The first kappa shape index (κ1) is 19.1. The Kier molecular flexibility index (Phi) is 6.53. The minimum Gasteiger partial charge on any atom is -0.497 e. The van der Waals surface area contributed by atoms with E-state index in [1.807, 2.05) is 0 Å². The lowest BCUT2D eigenvalue weighted by Crippen LogP contribution is -2.59. The minimum absolute atomic E-state index is 0.549. The van der Waals surface area contributed by atoms with Crippen molar-refractivity contribution in [2.45, 2.75) is 49.8 Å². The van der Waals surface area contributed by atoms with E-state index in [1.54, 1.807) is 24.3 Å². The molecule has 1 saturated heterocycles. The summed E-state index contributed by atoms with van der Waals surface area (Å²) < 4.78 is 16.0. The zero-order valence-corrected chi connectivity index (χ0v) is 13.5. The molecule has 136 valence electrons. The van der Waals surface area contributed by atoms with Gasteiger partial charge in [0.15, 0.2) is 6.29 Å². The van der Waals surface area contributed by atoms with Crippen LogP contribution in [-0.4, -0.2) is 76.1 Å². The van der Waals surface area contributed by atoms with Gasteiger partial charge in [-0.05, 0) is 24.6 Å². The van der Waals surface area contributed by atoms with E-state index in [4.69, 9.17) is 14.2 Å². The zero-order chi connectivity index (χ0) is 17.9. The fourth-order valence-corrected chi connectivity index (χ4v) is 2.59. The van der Waals surface area contributed by atoms with Crippen LogP contribution in [0.5, 0.6) is 5.75 Å². The maximum Gasteiger partial charge on any atom is 0.187 e. The van der Waals surface area contributed by atoms with Crippen LogP contribution in [0.25, 0.3) is 0 Å². The quantitative estimate of drug-likeness (QED) is 0.441. The third-order valence-corrected chi connectivity index (χ3v) is 4.01. The van der Waals surface area contributed by atoms with Crippen LogP contribution in [-0.2, 0) is 9.47 Å². The Morgan fingerprint density at radius 3 is 2.21 bits per heavy atom. The van der Waals surface area contributed by atoms with Gasteiger partial charge >= 0.3 is 0 Å². The van der Waals surface area contributed by atoms with Gasteiger partial charge in [0.25, 0.3) is 0 Å². The molecule has 1 aromatic rings. The normalized spacial score (nSPS) is 33.0. The zero-order valence-electron chi connectivity index (χ0n) is 13.5. The van der Waals surface area contributed by atoms with Crippen molar-refractivity contribution in [1.82, 2.24) is 0 Å². The van der Waals surface area contributed by atoms with Crippen molar-refractivity contribution in [1.29, 1.82) is 0 Å². The van der Waals surface area contributed by atoms with Crippen LogP contribution in [0, 0.1) is 0 Å². The number of methoxy groups -OCH3 is 1. The number of ether oxygens (including phenoxy) is 3. The molecule has 24 heavy (non-hydrogen) atoms. The highest BCUT2D eigenvalue weighted by Crippen LogP contribution is 2.30. The van der Waals surface area contributed by atoms with Crippen LogP contribution < -0.4 is 4.74 Å². The monoisotopic (exact) mass is 344 g/mol. The van der Waals surface area contributed by atoms with E-state index in [0.717, 1.165) is 0 Å². The number of hydrogen-bond acceptors (Lipinski definition) is 8. The third kappa shape index (κ3) is 4.04. The highest BCUT2D eigenvalue weighted by Gasteiger charge is 2.45. The van der Waals surface area contributed by atoms with Crippen molar-refractivity contribution in [2.75, 3.05) is 13.7 Å². The first-order chi connectivity index (χ1) is 11.4. The molecule has 0 saturated carbocycles. The molecule has 0 bridgehead atoms. The molecule has 0 amide bonds. The summed E-state index contributed by atoms with van der Waals surface area (Å²) in [5.74, 6) is 0.635. The lowest BCUT2D eigenvalue weighted by molar-refractivity contribution is -0.317. The molecule has 8 nitrogen and oxygen atoms in total. The maximum absolute atomic E-state index is 10.0. The Morgan fingerprint density at radius 2 is 1.71 bits per heavy atom. The Balaban J connectivity index is 2.17. The average molecular weight is 344 g/mol. The lowest BCUT2D eigenvalue weighted by atomic mass is 9.99. The average Bonchev–Trinajstić information content (AvgIpc) is 2.59. The fraction of sp³-hybridized carbons (Fsp3) is 0.625. The van der Waals surface area contributed by atoms with Crippen molar-refractivity contribution >= 4 is 0 Å². The van der Waals surface area contributed by atoms with Gasteiger partial charge in [0.1, 0.15) is 36.3 Å². The van der Waals surface area contributed by atoms with Crippen molar-refractivity contribution < 1.29 is 39.7 Å². The van der Waals surface area contributed by atoms with Crippen LogP contribution >= 0.6 is 0 Å². The summed E-state index contributed by atoms with van der Waals surface area (Å²) in [5.41, 5.74) is 0.614. The predicted octanol–water partition coefficient (Wildman–Crippen LogP) is -1.07. The Bertz CT molecular complexity index is 503.